The minimum absolute atomic E-state index is 0.147. The van der Waals surface area contributed by atoms with E-state index in [2.05, 4.69) is 25.8 Å². The van der Waals surface area contributed by atoms with Crippen molar-refractivity contribution in [2.45, 2.75) is 19.8 Å². The molecule has 0 aliphatic heterocycles. The van der Waals surface area contributed by atoms with Crippen LogP contribution in [0.2, 0.25) is 0 Å². The van der Waals surface area contributed by atoms with Gasteiger partial charge in [0.25, 0.3) is 5.91 Å². The number of para-hydroxylation sites is 1. The summed E-state index contributed by atoms with van der Waals surface area (Å²) in [5.74, 6) is -0.475. The van der Waals surface area contributed by atoms with Crippen molar-refractivity contribution in [3.8, 4) is 0 Å². The van der Waals surface area contributed by atoms with Gasteiger partial charge in [-0.3, -0.25) is 19.7 Å². The highest BCUT2D eigenvalue weighted by Gasteiger charge is 2.13. The number of carbonyl (C=O) groups is 2. The number of H-pyrrole nitrogens is 1. The number of fused-ring (bicyclic) bond motifs is 1. The second kappa shape index (κ2) is 7.12. The van der Waals surface area contributed by atoms with Gasteiger partial charge >= 0.3 is 0 Å². The van der Waals surface area contributed by atoms with Gasteiger partial charge in [-0.1, -0.05) is 32.0 Å². The van der Waals surface area contributed by atoms with E-state index >= 15 is 0 Å². The van der Waals surface area contributed by atoms with E-state index in [1.807, 2.05) is 38.1 Å². The van der Waals surface area contributed by atoms with Gasteiger partial charge in [0.1, 0.15) is 5.69 Å². The predicted octanol–water partition coefficient (Wildman–Crippen LogP) is 2.45. The molecule has 0 fully saturated rings. The standard InChI is InChI=1S/C18H19N5O2/c1-11(2)14-9-15(23-22-14)18(25)20-10-16(24)21-13-7-3-5-12-6-4-8-19-17(12)13/h3-9,11H,10H2,1-2H3,(H,20,25)(H,21,24)(H,22,23). The van der Waals surface area contributed by atoms with Crippen molar-refractivity contribution in [2.75, 3.05) is 11.9 Å². The molecule has 3 aromatic rings. The van der Waals surface area contributed by atoms with Gasteiger partial charge in [-0.25, -0.2) is 0 Å². The number of carbonyl (C=O) groups excluding carboxylic acids is 2. The van der Waals surface area contributed by atoms with Gasteiger partial charge < -0.3 is 10.6 Å². The molecule has 2 heterocycles. The van der Waals surface area contributed by atoms with Crippen LogP contribution in [0.25, 0.3) is 10.9 Å². The van der Waals surface area contributed by atoms with Crippen molar-refractivity contribution in [3.63, 3.8) is 0 Å². The smallest absolute Gasteiger partial charge is 0.272 e. The molecule has 2 amide bonds. The molecule has 3 N–H and O–H groups in total. The zero-order chi connectivity index (χ0) is 17.8. The number of pyridine rings is 1. The number of hydrogen-bond donors (Lipinski definition) is 3. The lowest BCUT2D eigenvalue weighted by atomic mass is 10.1. The SMILES string of the molecule is CC(C)c1cc(C(=O)NCC(=O)Nc2cccc3cccnc23)n[nH]1. The summed E-state index contributed by atoms with van der Waals surface area (Å²) in [7, 11) is 0. The predicted molar refractivity (Wildman–Crippen MR) is 95.4 cm³/mol. The van der Waals surface area contributed by atoms with Crippen molar-refractivity contribution in [3.05, 3.63) is 54.0 Å². The first-order valence-electron chi connectivity index (χ1n) is 8.01. The third-order valence-corrected chi connectivity index (χ3v) is 3.77. The third kappa shape index (κ3) is 3.82. The summed E-state index contributed by atoms with van der Waals surface area (Å²) in [6, 6.07) is 11.0. The summed E-state index contributed by atoms with van der Waals surface area (Å²) in [5, 5.41) is 13.0. The average molecular weight is 337 g/mol. The number of nitrogens with one attached hydrogen (secondary N) is 3. The average Bonchev–Trinajstić information content (AvgIpc) is 3.10. The maximum Gasteiger partial charge on any atom is 0.272 e. The molecule has 0 atom stereocenters. The maximum atomic E-state index is 12.1. The van der Waals surface area contributed by atoms with Gasteiger partial charge in [-0.15, -0.1) is 0 Å². The molecule has 128 valence electrons. The fourth-order valence-electron chi connectivity index (χ4n) is 2.40. The van der Waals surface area contributed by atoms with Crippen molar-refractivity contribution < 1.29 is 9.59 Å². The second-order valence-corrected chi connectivity index (χ2v) is 5.97. The number of anilines is 1. The van der Waals surface area contributed by atoms with E-state index in [-0.39, 0.29) is 24.1 Å². The summed E-state index contributed by atoms with van der Waals surface area (Å²) < 4.78 is 0. The fourth-order valence-corrected chi connectivity index (χ4v) is 2.40. The van der Waals surface area contributed by atoms with E-state index in [4.69, 9.17) is 0 Å². The number of rotatable bonds is 5. The largest absolute Gasteiger partial charge is 0.342 e. The Morgan fingerprint density at radius 2 is 2.00 bits per heavy atom. The highest BCUT2D eigenvalue weighted by atomic mass is 16.2. The lowest BCUT2D eigenvalue weighted by molar-refractivity contribution is -0.115. The highest BCUT2D eigenvalue weighted by molar-refractivity contribution is 6.02. The Labute approximate surface area is 144 Å². The molecule has 25 heavy (non-hydrogen) atoms. The monoisotopic (exact) mass is 337 g/mol. The van der Waals surface area contributed by atoms with Crippen LogP contribution in [0.4, 0.5) is 5.69 Å². The van der Waals surface area contributed by atoms with E-state index < -0.39 is 5.91 Å². The molecular weight excluding hydrogens is 318 g/mol. The molecule has 0 saturated heterocycles. The molecule has 1 aromatic carbocycles. The Hall–Kier alpha value is -3.22. The van der Waals surface area contributed by atoms with Crippen LogP contribution in [0.15, 0.2) is 42.6 Å². The van der Waals surface area contributed by atoms with Crippen LogP contribution >= 0.6 is 0 Å². The lowest BCUT2D eigenvalue weighted by Crippen LogP contribution is -2.33. The molecule has 3 rings (SSSR count). The Kier molecular flexibility index (Phi) is 4.74. The van der Waals surface area contributed by atoms with Crippen molar-refractivity contribution >= 4 is 28.4 Å². The zero-order valence-corrected chi connectivity index (χ0v) is 14.0. The Morgan fingerprint density at radius 3 is 2.76 bits per heavy atom. The molecule has 0 saturated carbocycles. The number of nitrogens with zero attached hydrogens (tertiary/aromatic N) is 2. The van der Waals surface area contributed by atoms with Gasteiger partial charge in [0.15, 0.2) is 0 Å². The summed E-state index contributed by atoms with van der Waals surface area (Å²) in [5.41, 5.74) is 2.46. The van der Waals surface area contributed by atoms with E-state index in [0.29, 0.717) is 11.2 Å². The molecule has 0 unspecified atom stereocenters. The Bertz CT molecular complexity index is 911. The molecule has 0 aliphatic rings. The summed E-state index contributed by atoms with van der Waals surface area (Å²) in [6.45, 7) is 3.85. The van der Waals surface area contributed by atoms with Gasteiger partial charge in [-0.05, 0) is 24.1 Å². The Balaban J connectivity index is 1.61. The van der Waals surface area contributed by atoms with Crippen LogP contribution < -0.4 is 10.6 Å². The minimum atomic E-state index is -0.394. The number of benzene rings is 1. The van der Waals surface area contributed by atoms with Gasteiger partial charge in [0.2, 0.25) is 5.91 Å². The van der Waals surface area contributed by atoms with Gasteiger partial charge in [-0.2, -0.15) is 5.10 Å². The van der Waals surface area contributed by atoms with Crippen molar-refractivity contribution in [1.29, 1.82) is 0 Å². The third-order valence-electron chi connectivity index (χ3n) is 3.77. The number of aromatic amines is 1. The molecule has 7 nitrogen and oxygen atoms in total. The molecule has 0 spiro atoms. The molecule has 7 heteroatoms. The lowest BCUT2D eigenvalue weighted by Gasteiger charge is -2.08. The van der Waals surface area contributed by atoms with Crippen molar-refractivity contribution in [2.24, 2.45) is 0 Å². The molecule has 0 aliphatic carbocycles. The molecule has 0 radical (unpaired) electrons. The summed E-state index contributed by atoms with van der Waals surface area (Å²) in [4.78, 5) is 28.5. The van der Waals surface area contributed by atoms with Crippen LogP contribution in [0.1, 0.15) is 35.9 Å². The van der Waals surface area contributed by atoms with Gasteiger partial charge in [0.05, 0.1) is 17.7 Å². The zero-order valence-electron chi connectivity index (χ0n) is 14.0. The van der Waals surface area contributed by atoms with E-state index in [1.54, 1.807) is 18.3 Å². The van der Waals surface area contributed by atoms with Crippen LogP contribution in [0, 0.1) is 0 Å². The quantitative estimate of drug-likeness (QED) is 0.666. The maximum absolute atomic E-state index is 12.1. The Morgan fingerprint density at radius 1 is 1.20 bits per heavy atom. The topological polar surface area (TPSA) is 99.8 Å². The van der Waals surface area contributed by atoms with Gasteiger partial charge in [0, 0.05) is 17.3 Å². The van der Waals surface area contributed by atoms with E-state index in [0.717, 1.165) is 11.1 Å². The number of amides is 2. The van der Waals surface area contributed by atoms with Crippen LogP contribution in [0.5, 0.6) is 0 Å². The number of hydrogen-bond acceptors (Lipinski definition) is 4. The normalized spacial score (nSPS) is 10.8. The van der Waals surface area contributed by atoms with E-state index in [9.17, 15) is 9.59 Å². The first-order chi connectivity index (χ1) is 12.0. The van der Waals surface area contributed by atoms with Crippen molar-refractivity contribution in [1.82, 2.24) is 20.5 Å². The number of aromatic nitrogens is 3. The molecular formula is C18H19N5O2. The first kappa shape index (κ1) is 16.6. The summed E-state index contributed by atoms with van der Waals surface area (Å²) in [6.07, 6.45) is 1.67. The second-order valence-electron chi connectivity index (χ2n) is 5.97. The molecule has 0 bridgehead atoms. The first-order valence-corrected chi connectivity index (χ1v) is 8.01. The minimum Gasteiger partial charge on any atom is -0.342 e. The summed E-state index contributed by atoms with van der Waals surface area (Å²) >= 11 is 0. The van der Waals surface area contributed by atoms with Crippen LogP contribution in [-0.2, 0) is 4.79 Å². The van der Waals surface area contributed by atoms with Crippen LogP contribution in [0.3, 0.4) is 0 Å². The fraction of sp³-hybridized carbons (Fsp3) is 0.222. The molecule has 2 aromatic heterocycles. The highest BCUT2D eigenvalue weighted by Crippen LogP contribution is 2.20. The van der Waals surface area contributed by atoms with Crippen LogP contribution in [-0.4, -0.2) is 33.5 Å². The van der Waals surface area contributed by atoms with E-state index in [1.165, 1.54) is 0 Å².